The summed E-state index contributed by atoms with van der Waals surface area (Å²) in [5, 5.41) is 12.9. The summed E-state index contributed by atoms with van der Waals surface area (Å²) in [7, 11) is 1.55. The summed E-state index contributed by atoms with van der Waals surface area (Å²) in [5.41, 5.74) is 1.73. The molecule has 0 fully saturated rings. The molecule has 0 bridgehead atoms. The lowest BCUT2D eigenvalue weighted by Crippen LogP contribution is -1.98. The zero-order chi connectivity index (χ0) is 16.4. The number of aromatic nitrogens is 1. The van der Waals surface area contributed by atoms with Gasteiger partial charge >= 0.3 is 0 Å². The van der Waals surface area contributed by atoms with Gasteiger partial charge < -0.3 is 10.1 Å². The van der Waals surface area contributed by atoms with Gasteiger partial charge in [-0.3, -0.25) is 4.98 Å². The van der Waals surface area contributed by atoms with Gasteiger partial charge in [0, 0.05) is 29.4 Å². The Balaban J connectivity index is 2.14. The molecule has 2 aromatic carbocycles. The van der Waals surface area contributed by atoms with Gasteiger partial charge in [-0.1, -0.05) is 0 Å². The molecule has 0 saturated heterocycles. The molecule has 3 aromatic rings. The number of hydrogen-bond acceptors (Lipinski definition) is 4. The molecule has 1 N–H and O–H groups in total. The van der Waals surface area contributed by atoms with Gasteiger partial charge in [-0.05, 0) is 24.3 Å². The van der Waals surface area contributed by atoms with Gasteiger partial charge in [0.1, 0.15) is 11.8 Å². The van der Waals surface area contributed by atoms with Crippen LogP contribution in [0, 0.1) is 23.0 Å². The van der Waals surface area contributed by atoms with Crippen LogP contribution in [0.2, 0.25) is 0 Å². The molecule has 1 aromatic heterocycles. The van der Waals surface area contributed by atoms with Gasteiger partial charge in [-0.15, -0.1) is 0 Å². The zero-order valence-corrected chi connectivity index (χ0v) is 12.1. The normalized spacial score (nSPS) is 10.3. The minimum atomic E-state index is -0.964. The smallest absolute Gasteiger partial charge is 0.160 e. The molecule has 0 atom stereocenters. The molecule has 3 rings (SSSR count). The first-order valence-electron chi connectivity index (χ1n) is 6.71. The molecule has 0 unspecified atom stereocenters. The number of nitrogens with zero attached hydrogens (tertiary/aromatic N) is 2. The Morgan fingerprint density at radius 2 is 1.96 bits per heavy atom. The van der Waals surface area contributed by atoms with Crippen LogP contribution in [-0.4, -0.2) is 12.1 Å². The number of pyridine rings is 1. The Hall–Kier alpha value is -3.20. The lowest BCUT2D eigenvalue weighted by molar-refractivity contribution is 0.415. The topological polar surface area (TPSA) is 57.9 Å². The van der Waals surface area contributed by atoms with E-state index in [0.29, 0.717) is 33.6 Å². The van der Waals surface area contributed by atoms with Gasteiger partial charge in [-0.25, -0.2) is 8.78 Å². The van der Waals surface area contributed by atoms with Crippen LogP contribution >= 0.6 is 0 Å². The molecule has 114 valence electrons. The van der Waals surface area contributed by atoms with Crippen molar-refractivity contribution in [2.75, 3.05) is 12.4 Å². The first kappa shape index (κ1) is 14.7. The van der Waals surface area contributed by atoms with Crippen LogP contribution in [0.5, 0.6) is 5.75 Å². The molecule has 0 radical (unpaired) electrons. The van der Waals surface area contributed by atoms with Crippen molar-refractivity contribution in [3.05, 3.63) is 59.8 Å². The SMILES string of the molecule is COc1ccc2c(Nc3ccc(F)c(F)c3)c(C#N)cnc2c1. The van der Waals surface area contributed by atoms with Crippen LogP contribution in [0.15, 0.2) is 42.6 Å². The van der Waals surface area contributed by atoms with Crippen LogP contribution in [0.4, 0.5) is 20.2 Å². The maximum Gasteiger partial charge on any atom is 0.160 e. The average molecular weight is 311 g/mol. The maximum atomic E-state index is 13.4. The van der Waals surface area contributed by atoms with E-state index in [1.54, 1.807) is 25.3 Å². The summed E-state index contributed by atoms with van der Waals surface area (Å²) in [6.45, 7) is 0. The molecule has 23 heavy (non-hydrogen) atoms. The molecule has 1 heterocycles. The Morgan fingerprint density at radius 1 is 1.13 bits per heavy atom. The van der Waals surface area contributed by atoms with Crippen molar-refractivity contribution in [1.82, 2.24) is 4.98 Å². The monoisotopic (exact) mass is 311 g/mol. The minimum absolute atomic E-state index is 0.299. The van der Waals surface area contributed by atoms with Crippen LogP contribution < -0.4 is 10.1 Å². The van der Waals surface area contributed by atoms with Crippen LogP contribution in [0.25, 0.3) is 10.9 Å². The number of halogens is 2. The average Bonchev–Trinajstić information content (AvgIpc) is 2.58. The standard InChI is InChI=1S/C17H11F2N3O/c1-23-12-3-4-13-16(7-12)21-9-10(8-20)17(13)22-11-2-5-14(18)15(19)6-11/h2-7,9H,1H3,(H,21,22). The summed E-state index contributed by atoms with van der Waals surface area (Å²) in [4.78, 5) is 4.22. The highest BCUT2D eigenvalue weighted by molar-refractivity contribution is 5.96. The Kier molecular flexibility index (Phi) is 3.77. The number of benzene rings is 2. The van der Waals surface area contributed by atoms with Gasteiger partial charge in [0.05, 0.1) is 23.9 Å². The molecular weight excluding hydrogens is 300 g/mol. The number of ether oxygens (including phenoxy) is 1. The van der Waals surface area contributed by atoms with Crippen molar-refractivity contribution < 1.29 is 13.5 Å². The number of fused-ring (bicyclic) bond motifs is 1. The summed E-state index contributed by atoms with van der Waals surface area (Å²) < 4.78 is 31.6. The van der Waals surface area contributed by atoms with Crippen LogP contribution in [-0.2, 0) is 0 Å². The lowest BCUT2D eigenvalue weighted by atomic mass is 10.1. The molecule has 6 heteroatoms. The Labute approximate surface area is 131 Å². The molecule has 0 aliphatic rings. The second-order valence-corrected chi connectivity index (χ2v) is 4.80. The van der Waals surface area contributed by atoms with E-state index in [4.69, 9.17) is 4.74 Å². The number of methoxy groups -OCH3 is 1. The van der Waals surface area contributed by atoms with E-state index in [2.05, 4.69) is 10.3 Å². The van der Waals surface area contributed by atoms with E-state index in [9.17, 15) is 14.0 Å². The van der Waals surface area contributed by atoms with Crippen LogP contribution in [0.1, 0.15) is 5.56 Å². The fourth-order valence-corrected chi connectivity index (χ4v) is 2.24. The third-order valence-electron chi connectivity index (χ3n) is 3.39. The fourth-order valence-electron chi connectivity index (χ4n) is 2.24. The predicted molar refractivity (Wildman–Crippen MR) is 82.7 cm³/mol. The van der Waals surface area contributed by atoms with Gasteiger partial charge in [-0.2, -0.15) is 5.26 Å². The molecule has 0 spiro atoms. The van der Waals surface area contributed by atoms with Crippen molar-refractivity contribution in [2.24, 2.45) is 0 Å². The van der Waals surface area contributed by atoms with Crippen molar-refractivity contribution in [3.8, 4) is 11.8 Å². The van der Waals surface area contributed by atoms with E-state index in [1.807, 2.05) is 6.07 Å². The molecule has 0 aliphatic carbocycles. The second kappa shape index (κ2) is 5.89. The first-order chi connectivity index (χ1) is 11.1. The fraction of sp³-hybridized carbons (Fsp3) is 0.0588. The van der Waals surface area contributed by atoms with Crippen molar-refractivity contribution in [3.63, 3.8) is 0 Å². The highest BCUT2D eigenvalue weighted by Gasteiger charge is 2.11. The predicted octanol–water partition coefficient (Wildman–Crippen LogP) is 4.14. The van der Waals surface area contributed by atoms with Crippen LogP contribution in [0.3, 0.4) is 0 Å². The van der Waals surface area contributed by atoms with E-state index in [1.165, 1.54) is 12.3 Å². The quantitative estimate of drug-likeness (QED) is 0.790. The van der Waals surface area contributed by atoms with Gasteiger partial charge in [0.25, 0.3) is 0 Å². The molecular formula is C17H11F2N3O. The highest BCUT2D eigenvalue weighted by Crippen LogP contribution is 2.31. The summed E-state index contributed by atoms with van der Waals surface area (Å²) in [6, 6.07) is 10.7. The maximum absolute atomic E-state index is 13.4. The number of rotatable bonds is 3. The first-order valence-corrected chi connectivity index (χ1v) is 6.71. The zero-order valence-electron chi connectivity index (χ0n) is 12.1. The molecule has 0 saturated carbocycles. The summed E-state index contributed by atoms with van der Waals surface area (Å²) in [6.07, 6.45) is 1.42. The minimum Gasteiger partial charge on any atom is -0.497 e. The number of nitrogens with one attached hydrogen (secondary N) is 1. The van der Waals surface area contributed by atoms with E-state index in [0.717, 1.165) is 12.1 Å². The molecule has 0 amide bonds. The largest absolute Gasteiger partial charge is 0.497 e. The number of hydrogen-bond donors (Lipinski definition) is 1. The van der Waals surface area contributed by atoms with Crippen molar-refractivity contribution in [1.29, 1.82) is 5.26 Å². The Bertz CT molecular complexity index is 935. The van der Waals surface area contributed by atoms with E-state index >= 15 is 0 Å². The lowest BCUT2D eigenvalue weighted by Gasteiger charge is -2.12. The second-order valence-electron chi connectivity index (χ2n) is 4.80. The molecule has 4 nitrogen and oxygen atoms in total. The third-order valence-corrected chi connectivity index (χ3v) is 3.39. The molecule has 0 aliphatic heterocycles. The number of anilines is 2. The Morgan fingerprint density at radius 3 is 2.65 bits per heavy atom. The van der Waals surface area contributed by atoms with Crippen molar-refractivity contribution >= 4 is 22.3 Å². The highest BCUT2D eigenvalue weighted by atomic mass is 19.2. The number of nitriles is 1. The third kappa shape index (κ3) is 2.77. The summed E-state index contributed by atoms with van der Waals surface area (Å²) >= 11 is 0. The van der Waals surface area contributed by atoms with E-state index < -0.39 is 11.6 Å². The van der Waals surface area contributed by atoms with E-state index in [-0.39, 0.29) is 0 Å². The van der Waals surface area contributed by atoms with Gasteiger partial charge in [0.2, 0.25) is 0 Å². The summed E-state index contributed by atoms with van der Waals surface area (Å²) in [5.74, 6) is -1.26. The van der Waals surface area contributed by atoms with Gasteiger partial charge in [0.15, 0.2) is 11.6 Å². The van der Waals surface area contributed by atoms with Crippen molar-refractivity contribution in [2.45, 2.75) is 0 Å².